The van der Waals surface area contributed by atoms with Crippen molar-refractivity contribution in [2.24, 2.45) is 0 Å². The molecule has 0 saturated carbocycles. The number of benzene rings is 10. The van der Waals surface area contributed by atoms with Crippen LogP contribution in [0, 0.1) is 0 Å². The highest BCUT2D eigenvalue weighted by molar-refractivity contribution is 6.15. The molecule has 62 heavy (non-hydrogen) atoms. The molecule has 13 rings (SSSR count). The Bertz CT molecular complexity index is 3830. The lowest BCUT2D eigenvalue weighted by atomic mass is 9.97. The van der Waals surface area contributed by atoms with Crippen molar-refractivity contribution in [2.45, 2.75) is 0 Å². The van der Waals surface area contributed by atoms with E-state index in [1.54, 1.807) is 0 Å². The second kappa shape index (κ2) is 13.6. The quantitative estimate of drug-likeness (QED) is 0.168. The molecule has 0 aliphatic carbocycles. The van der Waals surface area contributed by atoms with E-state index in [4.69, 9.17) is 8.83 Å². The number of nitrogens with zero attached hydrogens (tertiary/aromatic N) is 2. The molecule has 13 aromatic rings. The van der Waals surface area contributed by atoms with E-state index in [0.29, 0.717) is 0 Å². The molecule has 0 saturated heterocycles. The molecule has 0 unspecified atom stereocenters. The van der Waals surface area contributed by atoms with E-state index in [9.17, 15) is 0 Å². The summed E-state index contributed by atoms with van der Waals surface area (Å²) in [5, 5.41) is 9.18. The van der Waals surface area contributed by atoms with Crippen molar-refractivity contribution in [3.8, 4) is 27.9 Å². The van der Waals surface area contributed by atoms with Gasteiger partial charge in [-0.2, -0.15) is 0 Å². The van der Waals surface area contributed by atoms with E-state index in [1.807, 2.05) is 18.2 Å². The van der Waals surface area contributed by atoms with E-state index in [1.165, 1.54) is 16.2 Å². The standard InChI is InChI=1S/C58H36N2O2/c1-2-17-41-37(15-1)16-13-27-50(41)59(39-33-31-38(32-34-39)42-23-14-30-56-57(42)47-22-7-12-29-55(47)61-56)40-35-48(58-49(36-40)46-21-6-11-28-54(46)62-58)45-20-5-10-26-53(45)60-51-24-8-3-18-43(51)44-19-4-9-25-52(44)60/h1-36H. The molecule has 4 nitrogen and oxygen atoms in total. The fraction of sp³-hybridized carbons (Fsp3) is 0. The first kappa shape index (κ1) is 34.5. The number of hydrogen-bond acceptors (Lipinski definition) is 3. The van der Waals surface area contributed by atoms with Crippen LogP contribution in [0.2, 0.25) is 0 Å². The number of para-hydroxylation sites is 5. The summed E-state index contributed by atoms with van der Waals surface area (Å²) >= 11 is 0. The van der Waals surface area contributed by atoms with Crippen LogP contribution in [0.15, 0.2) is 227 Å². The lowest BCUT2D eigenvalue weighted by molar-refractivity contribution is 0.669. The summed E-state index contributed by atoms with van der Waals surface area (Å²) in [6, 6.07) is 78.0. The van der Waals surface area contributed by atoms with Crippen molar-refractivity contribution in [1.82, 2.24) is 4.57 Å². The Hall–Kier alpha value is -8.34. The molecule has 290 valence electrons. The van der Waals surface area contributed by atoms with E-state index in [2.05, 4.69) is 210 Å². The molecule has 0 N–H and O–H groups in total. The minimum atomic E-state index is 0.858. The third kappa shape index (κ3) is 5.20. The van der Waals surface area contributed by atoms with Crippen LogP contribution in [0.25, 0.3) is 104 Å². The third-order valence-corrected chi connectivity index (χ3v) is 12.6. The van der Waals surface area contributed by atoms with Gasteiger partial charge in [0.1, 0.15) is 22.3 Å². The van der Waals surface area contributed by atoms with Gasteiger partial charge in [0.05, 0.1) is 22.4 Å². The second-order valence-electron chi connectivity index (χ2n) is 16.0. The lowest BCUT2D eigenvalue weighted by Gasteiger charge is -2.28. The molecule has 3 heterocycles. The van der Waals surface area contributed by atoms with Crippen molar-refractivity contribution in [3.63, 3.8) is 0 Å². The van der Waals surface area contributed by atoms with Crippen molar-refractivity contribution in [1.29, 1.82) is 0 Å². The van der Waals surface area contributed by atoms with Crippen LogP contribution in [0.3, 0.4) is 0 Å². The first-order valence-corrected chi connectivity index (χ1v) is 21.1. The smallest absolute Gasteiger partial charge is 0.143 e. The normalized spacial score (nSPS) is 11.9. The van der Waals surface area contributed by atoms with Crippen molar-refractivity contribution in [3.05, 3.63) is 218 Å². The van der Waals surface area contributed by atoms with Crippen molar-refractivity contribution < 1.29 is 8.83 Å². The Morgan fingerprint density at radius 1 is 0.355 bits per heavy atom. The maximum absolute atomic E-state index is 6.89. The number of anilines is 3. The van der Waals surface area contributed by atoms with E-state index >= 15 is 0 Å². The molecule has 0 fully saturated rings. The number of aromatic nitrogens is 1. The average Bonchev–Trinajstić information content (AvgIpc) is 4.02. The van der Waals surface area contributed by atoms with Crippen LogP contribution in [0.4, 0.5) is 17.1 Å². The molecule has 0 bridgehead atoms. The molecule has 0 atom stereocenters. The molecule has 3 aromatic heterocycles. The molecule has 0 spiro atoms. The number of fused-ring (bicyclic) bond motifs is 10. The number of furan rings is 2. The Balaban J connectivity index is 1.07. The van der Waals surface area contributed by atoms with Gasteiger partial charge in [-0.3, -0.25) is 0 Å². The maximum atomic E-state index is 6.89. The molecule has 4 heteroatoms. The van der Waals surface area contributed by atoms with Crippen LogP contribution in [-0.2, 0) is 0 Å². The monoisotopic (exact) mass is 792 g/mol. The Morgan fingerprint density at radius 3 is 1.73 bits per heavy atom. The first-order chi connectivity index (χ1) is 30.8. The van der Waals surface area contributed by atoms with Gasteiger partial charge in [0.2, 0.25) is 0 Å². The topological polar surface area (TPSA) is 34.5 Å². The van der Waals surface area contributed by atoms with Gasteiger partial charge in [-0.25, -0.2) is 0 Å². The Morgan fingerprint density at radius 2 is 0.935 bits per heavy atom. The fourth-order valence-electron chi connectivity index (χ4n) is 9.86. The first-order valence-electron chi connectivity index (χ1n) is 21.1. The molecule has 0 radical (unpaired) electrons. The van der Waals surface area contributed by atoms with Gasteiger partial charge in [0, 0.05) is 60.2 Å². The number of rotatable bonds is 6. The number of hydrogen-bond donors (Lipinski definition) is 0. The summed E-state index contributed by atoms with van der Waals surface area (Å²) in [6.45, 7) is 0. The maximum Gasteiger partial charge on any atom is 0.143 e. The molecular formula is C58H36N2O2. The molecule has 0 aliphatic heterocycles. The second-order valence-corrected chi connectivity index (χ2v) is 16.0. The third-order valence-electron chi connectivity index (χ3n) is 12.6. The summed E-state index contributed by atoms with van der Waals surface area (Å²) in [5.74, 6) is 0. The van der Waals surface area contributed by atoms with E-state index in [-0.39, 0.29) is 0 Å². The Kier molecular flexibility index (Phi) is 7.57. The summed E-state index contributed by atoms with van der Waals surface area (Å²) < 4.78 is 15.6. The van der Waals surface area contributed by atoms with Crippen LogP contribution in [0.1, 0.15) is 0 Å². The highest BCUT2D eigenvalue weighted by Gasteiger charge is 2.24. The van der Waals surface area contributed by atoms with E-state index in [0.717, 1.165) is 105 Å². The van der Waals surface area contributed by atoms with Gasteiger partial charge < -0.3 is 18.3 Å². The zero-order chi connectivity index (χ0) is 40.7. The van der Waals surface area contributed by atoms with Crippen molar-refractivity contribution >= 4 is 93.5 Å². The zero-order valence-electron chi connectivity index (χ0n) is 33.5. The van der Waals surface area contributed by atoms with Gasteiger partial charge in [0.25, 0.3) is 0 Å². The Labute approximate surface area is 356 Å². The molecular weight excluding hydrogens is 757 g/mol. The van der Waals surface area contributed by atoms with Crippen LogP contribution >= 0.6 is 0 Å². The van der Waals surface area contributed by atoms with Gasteiger partial charge in [-0.15, -0.1) is 0 Å². The predicted octanol–water partition coefficient (Wildman–Crippen LogP) is 16.5. The van der Waals surface area contributed by atoms with Gasteiger partial charge in [-0.1, -0.05) is 152 Å². The molecule has 0 aliphatic rings. The van der Waals surface area contributed by atoms with Crippen LogP contribution in [0.5, 0.6) is 0 Å². The van der Waals surface area contributed by atoms with Crippen LogP contribution < -0.4 is 4.90 Å². The van der Waals surface area contributed by atoms with Gasteiger partial charge >= 0.3 is 0 Å². The highest BCUT2D eigenvalue weighted by atomic mass is 16.3. The van der Waals surface area contributed by atoms with Gasteiger partial charge in [-0.05, 0) is 83.2 Å². The van der Waals surface area contributed by atoms with Gasteiger partial charge in [0.15, 0.2) is 0 Å². The van der Waals surface area contributed by atoms with Crippen molar-refractivity contribution in [2.75, 3.05) is 4.90 Å². The largest absolute Gasteiger partial charge is 0.456 e. The summed E-state index contributed by atoms with van der Waals surface area (Å²) in [6.07, 6.45) is 0. The predicted molar refractivity (Wildman–Crippen MR) is 258 cm³/mol. The SMILES string of the molecule is c1ccc(-n2c3ccccc3c3ccccc32)c(-c2cc(N(c3ccc(-c4cccc5oc6ccccc6c45)cc3)c3cccc4ccccc34)cc3c2oc2ccccc23)c1. The summed E-state index contributed by atoms with van der Waals surface area (Å²) in [7, 11) is 0. The minimum absolute atomic E-state index is 0.858. The zero-order valence-corrected chi connectivity index (χ0v) is 33.5. The lowest BCUT2D eigenvalue weighted by Crippen LogP contribution is -2.11. The molecule has 10 aromatic carbocycles. The summed E-state index contributed by atoms with van der Waals surface area (Å²) in [5.41, 5.74) is 14.4. The molecule has 0 amide bonds. The van der Waals surface area contributed by atoms with Crippen LogP contribution in [-0.4, -0.2) is 4.57 Å². The highest BCUT2D eigenvalue weighted by Crippen LogP contribution is 2.47. The van der Waals surface area contributed by atoms with E-state index < -0.39 is 0 Å². The average molecular weight is 793 g/mol. The summed E-state index contributed by atoms with van der Waals surface area (Å²) in [4.78, 5) is 2.41. The fourth-order valence-corrected chi connectivity index (χ4v) is 9.86. The minimum Gasteiger partial charge on any atom is -0.456 e.